The largest absolute Gasteiger partial charge is 0.441 e. The number of hydrogen-bond donors (Lipinski definition) is 1. The highest BCUT2D eigenvalue weighted by Crippen LogP contribution is 2.47. The van der Waals surface area contributed by atoms with E-state index in [-0.39, 0.29) is 5.97 Å². The highest BCUT2D eigenvalue weighted by Gasteiger charge is 2.48. The fraction of sp³-hybridized carbons (Fsp3) is 0.0500. The summed E-state index contributed by atoms with van der Waals surface area (Å²) in [6.07, 6.45) is 0. The van der Waals surface area contributed by atoms with E-state index in [1.165, 1.54) is 0 Å². The van der Waals surface area contributed by atoms with Crippen LogP contribution in [0.2, 0.25) is 0 Å². The van der Waals surface area contributed by atoms with Gasteiger partial charge in [0.1, 0.15) is 0 Å². The van der Waals surface area contributed by atoms with E-state index in [0.717, 1.165) is 16.7 Å². The van der Waals surface area contributed by atoms with Crippen LogP contribution in [0.25, 0.3) is 0 Å². The lowest BCUT2D eigenvalue weighted by molar-refractivity contribution is 0.0251. The second kappa shape index (κ2) is 4.99. The molecule has 0 saturated heterocycles. The molecule has 3 aromatic carbocycles. The lowest BCUT2D eigenvalue weighted by Crippen LogP contribution is -2.29. The summed E-state index contributed by atoms with van der Waals surface area (Å²) >= 11 is 0. The maximum atomic E-state index is 12.5. The Labute approximate surface area is 134 Å². The number of benzene rings is 3. The Balaban J connectivity index is 2.06. The van der Waals surface area contributed by atoms with Crippen LogP contribution in [0, 0.1) is 0 Å². The maximum Gasteiger partial charge on any atom is 0.340 e. The van der Waals surface area contributed by atoms with Crippen LogP contribution in [-0.4, -0.2) is 5.97 Å². The van der Waals surface area contributed by atoms with Crippen LogP contribution in [0.4, 0.5) is 5.69 Å². The van der Waals surface area contributed by atoms with Gasteiger partial charge in [0, 0.05) is 22.4 Å². The monoisotopic (exact) mass is 301 g/mol. The third-order valence-corrected chi connectivity index (χ3v) is 4.25. The molecule has 1 heterocycles. The number of carbonyl (C=O) groups is 1. The first-order chi connectivity index (χ1) is 11.2. The number of anilines is 1. The number of esters is 1. The van der Waals surface area contributed by atoms with Crippen molar-refractivity contribution in [2.75, 3.05) is 5.73 Å². The number of cyclic esters (lactones) is 1. The van der Waals surface area contributed by atoms with Gasteiger partial charge in [-0.3, -0.25) is 0 Å². The van der Waals surface area contributed by atoms with E-state index in [2.05, 4.69) is 0 Å². The summed E-state index contributed by atoms with van der Waals surface area (Å²) in [7, 11) is 0. The molecule has 0 aliphatic carbocycles. The minimum absolute atomic E-state index is 0.347. The molecule has 0 radical (unpaired) electrons. The van der Waals surface area contributed by atoms with Crippen molar-refractivity contribution in [3.05, 3.63) is 101 Å². The molecular weight excluding hydrogens is 286 g/mol. The van der Waals surface area contributed by atoms with Crippen molar-refractivity contribution in [2.24, 2.45) is 0 Å². The molecule has 1 aliphatic heterocycles. The first kappa shape index (κ1) is 13.6. The third-order valence-electron chi connectivity index (χ3n) is 4.25. The number of ether oxygens (including phenoxy) is 1. The molecule has 3 nitrogen and oxygen atoms in total. The second-order valence-corrected chi connectivity index (χ2v) is 5.61. The highest BCUT2D eigenvalue weighted by molar-refractivity contribution is 5.97. The number of nitrogen functional groups attached to an aromatic ring is 1. The molecule has 1 aliphatic rings. The van der Waals surface area contributed by atoms with E-state index in [4.69, 9.17) is 10.5 Å². The predicted molar refractivity (Wildman–Crippen MR) is 89.0 cm³/mol. The predicted octanol–water partition coefficient (Wildman–Crippen LogP) is 3.73. The van der Waals surface area contributed by atoms with E-state index in [1.54, 1.807) is 12.1 Å². The molecule has 23 heavy (non-hydrogen) atoms. The molecule has 0 bridgehead atoms. The van der Waals surface area contributed by atoms with E-state index in [1.807, 2.05) is 66.7 Å². The molecule has 3 aromatic rings. The Kier molecular flexibility index (Phi) is 2.95. The van der Waals surface area contributed by atoms with E-state index < -0.39 is 5.60 Å². The minimum atomic E-state index is -0.928. The number of nitrogens with two attached hydrogens (primary N) is 1. The summed E-state index contributed by atoms with van der Waals surface area (Å²) < 4.78 is 5.95. The summed E-state index contributed by atoms with van der Waals surface area (Å²) in [6, 6.07) is 25.0. The Morgan fingerprint density at radius 2 is 1.35 bits per heavy atom. The summed E-state index contributed by atoms with van der Waals surface area (Å²) in [6.45, 7) is 0. The Morgan fingerprint density at radius 1 is 0.783 bits per heavy atom. The smallest absolute Gasteiger partial charge is 0.340 e. The number of hydrogen-bond acceptors (Lipinski definition) is 3. The first-order valence-electron chi connectivity index (χ1n) is 7.46. The Hall–Kier alpha value is -3.07. The molecule has 3 heteroatoms. The van der Waals surface area contributed by atoms with Crippen molar-refractivity contribution in [3.63, 3.8) is 0 Å². The van der Waals surface area contributed by atoms with E-state index >= 15 is 0 Å². The third kappa shape index (κ3) is 1.94. The number of carbonyl (C=O) groups excluding carboxylic acids is 1. The standard InChI is InChI=1S/C20H15NO2/c21-16-11-12-18-17(13-16)19(22)23-20(18,14-7-3-1-4-8-14)15-9-5-2-6-10-15/h1-13H,21H2. The van der Waals surface area contributed by atoms with E-state index in [9.17, 15) is 4.79 Å². The summed E-state index contributed by atoms with van der Waals surface area (Å²) in [5.41, 5.74) is 8.67. The molecule has 0 fully saturated rings. The van der Waals surface area contributed by atoms with Gasteiger partial charge >= 0.3 is 5.97 Å². The quantitative estimate of drug-likeness (QED) is 0.579. The molecule has 2 N–H and O–H groups in total. The van der Waals surface area contributed by atoms with Crippen LogP contribution in [0.1, 0.15) is 27.0 Å². The fourth-order valence-electron chi connectivity index (χ4n) is 3.23. The number of rotatable bonds is 2. The molecule has 112 valence electrons. The number of fused-ring (bicyclic) bond motifs is 1. The van der Waals surface area contributed by atoms with Gasteiger partial charge in [-0.1, -0.05) is 66.7 Å². The van der Waals surface area contributed by atoms with Gasteiger partial charge in [-0.25, -0.2) is 4.79 Å². The van der Waals surface area contributed by atoms with Gasteiger partial charge in [0.25, 0.3) is 0 Å². The van der Waals surface area contributed by atoms with Gasteiger partial charge in [-0.05, 0) is 12.1 Å². The molecule has 0 unspecified atom stereocenters. The van der Waals surface area contributed by atoms with Gasteiger partial charge in [0.15, 0.2) is 5.60 Å². The first-order valence-corrected chi connectivity index (χ1v) is 7.46. The van der Waals surface area contributed by atoms with Crippen LogP contribution < -0.4 is 5.73 Å². The van der Waals surface area contributed by atoms with Crippen molar-refractivity contribution >= 4 is 11.7 Å². The Bertz CT molecular complexity index is 833. The van der Waals surface area contributed by atoms with Crippen molar-refractivity contribution < 1.29 is 9.53 Å². The maximum absolute atomic E-state index is 12.5. The lowest BCUT2D eigenvalue weighted by Gasteiger charge is -2.30. The van der Waals surface area contributed by atoms with Crippen LogP contribution in [0.15, 0.2) is 78.9 Å². The van der Waals surface area contributed by atoms with Crippen LogP contribution in [0.3, 0.4) is 0 Å². The zero-order valence-electron chi connectivity index (χ0n) is 12.4. The average molecular weight is 301 g/mol. The van der Waals surface area contributed by atoms with Gasteiger partial charge < -0.3 is 10.5 Å². The molecular formula is C20H15NO2. The topological polar surface area (TPSA) is 52.3 Å². The van der Waals surface area contributed by atoms with Gasteiger partial charge in [0.2, 0.25) is 0 Å². The van der Waals surface area contributed by atoms with Gasteiger partial charge in [-0.2, -0.15) is 0 Å². The average Bonchev–Trinajstić information content (AvgIpc) is 2.90. The van der Waals surface area contributed by atoms with Crippen molar-refractivity contribution in [1.29, 1.82) is 0 Å². The fourth-order valence-corrected chi connectivity index (χ4v) is 3.23. The summed E-state index contributed by atoms with van der Waals surface area (Å²) in [5, 5.41) is 0. The normalized spacial score (nSPS) is 15.0. The van der Waals surface area contributed by atoms with Crippen molar-refractivity contribution in [2.45, 2.75) is 5.60 Å². The van der Waals surface area contributed by atoms with Gasteiger partial charge in [-0.15, -0.1) is 0 Å². The second-order valence-electron chi connectivity index (χ2n) is 5.61. The van der Waals surface area contributed by atoms with Crippen molar-refractivity contribution in [3.8, 4) is 0 Å². The molecule has 0 atom stereocenters. The van der Waals surface area contributed by atoms with E-state index in [0.29, 0.717) is 11.3 Å². The molecule has 4 rings (SSSR count). The van der Waals surface area contributed by atoms with Gasteiger partial charge in [0.05, 0.1) is 5.56 Å². The molecule has 0 aromatic heterocycles. The minimum Gasteiger partial charge on any atom is -0.441 e. The molecule has 0 saturated carbocycles. The molecule has 0 spiro atoms. The zero-order chi connectivity index (χ0) is 15.9. The summed E-state index contributed by atoms with van der Waals surface area (Å²) in [4.78, 5) is 12.5. The highest BCUT2D eigenvalue weighted by atomic mass is 16.6. The SMILES string of the molecule is Nc1ccc2c(c1)C(=O)OC2(c1ccccc1)c1ccccc1. The Morgan fingerprint density at radius 3 is 1.91 bits per heavy atom. The lowest BCUT2D eigenvalue weighted by atomic mass is 9.80. The van der Waals surface area contributed by atoms with Crippen molar-refractivity contribution in [1.82, 2.24) is 0 Å². The van der Waals surface area contributed by atoms with Crippen LogP contribution >= 0.6 is 0 Å². The molecule has 0 amide bonds. The van der Waals surface area contributed by atoms with Crippen LogP contribution in [0.5, 0.6) is 0 Å². The van der Waals surface area contributed by atoms with Crippen LogP contribution in [-0.2, 0) is 10.3 Å². The summed E-state index contributed by atoms with van der Waals surface area (Å²) in [5.74, 6) is -0.347. The zero-order valence-corrected chi connectivity index (χ0v) is 12.4.